The third kappa shape index (κ3) is 3.49. The summed E-state index contributed by atoms with van der Waals surface area (Å²) < 4.78 is 37.5. The summed E-state index contributed by atoms with van der Waals surface area (Å²) in [6.45, 7) is 1.73. The van der Waals surface area contributed by atoms with Gasteiger partial charge in [-0.2, -0.15) is 0 Å². The van der Waals surface area contributed by atoms with Crippen LogP contribution in [0.3, 0.4) is 0 Å². The molecule has 6 heteroatoms. The van der Waals surface area contributed by atoms with Crippen LogP contribution in [0.2, 0.25) is 5.02 Å². The normalized spacial score (nSPS) is 11.4. The summed E-state index contributed by atoms with van der Waals surface area (Å²) in [5.74, 6) is -1.89. The zero-order chi connectivity index (χ0) is 15.6. The molecular weight excluding hydrogens is 315 g/mol. The predicted molar refractivity (Wildman–Crippen MR) is 79.0 cm³/mol. The first-order valence-corrected chi connectivity index (χ1v) is 8.11. The van der Waals surface area contributed by atoms with Crippen molar-refractivity contribution >= 4 is 27.2 Å². The molecular formula is C15H12ClFO3S. The summed E-state index contributed by atoms with van der Waals surface area (Å²) in [6.07, 6.45) is 0. The lowest BCUT2D eigenvalue weighted by atomic mass is 10.1. The van der Waals surface area contributed by atoms with Crippen LogP contribution in [0, 0.1) is 12.7 Å². The van der Waals surface area contributed by atoms with Crippen molar-refractivity contribution in [2.24, 2.45) is 0 Å². The predicted octanol–water partition coefficient (Wildman–Crippen LogP) is 3.44. The van der Waals surface area contributed by atoms with E-state index in [1.54, 1.807) is 31.2 Å². The summed E-state index contributed by atoms with van der Waals surface area (Å²) >= 11 is 5.57. The lowest BCUT2D eigenvalue weighted by Crippen LogP contribution is -2.17. The van der Waals surface area contributed by atoms with Gasteiger partial charge in [-0.3, -0.25) is 4.79 Å². The van der Waals surface area contributed by atoms with E-state index < -0.39 is 27.2 Å². The third-order valence-corrected chi connectivity index (χ3v) is 4.92. The van der Waals surface area contributed by atoms with Crippen LogP contribution in [-0.4, -0.2) is 20.0 Å². The Balaban J connectivity index is 2.31. The molecule has 0 aliphatic rings. The van der Waals surface area contributed by atoms with Crippen molar-refractivity contribution < 1.29 is 17.6 Å². The van der Waals surface area contributed by atoms with E-state index in [0.29, 0.717) is 11.1 Å². The first-order valence-electron chi connectivity index (χ1n) is 6.08. The Kier molecular flexibility index (Phi) is 4.44. The van der Waals surface area contributed by atoms with Crippen molar-refractivity contribution in [2.75, 3.05) is 5.75 Å². The SMILES string of the molecule is Cc1ccccc1C(=O)CS(=O)(=O)c1ccc(F)c(Cl)c1. The Morgan fingerprint density at radius 2 is 1.86 bits per heavy atom. The molecule has 0 atom stereocenters. The molecule has 0 aliphatic carbocycles. The Morgan fingerprint density at radius 1 is 1.19 bits per heavy atom. The first kappa shape index (κ1) is 15.7. The van der Waals surface area contributed by atoms with Crippen LogP contribution >= 0.6 is 11.6 Å². The van der Waals surface area contributed by atoms with E-state index in [2.05, 4.69) is 0 Å². The second-order valence-corrected chi connectivity index (χ2v) is 6.97. The van der Waals surface area contributed by atoms with Crippen molar-refractivity contribution in [1.82, 2.24) is 0 Å². The van der Waals surface area contributed by atoms with E-state index in [4.69, 9.17) is 11.6 Å². The molecule has 0 saturated heterocycles. The molecule has 2 aromatic rings. The van der Waals surface area contributed by atoms with Gasteiger partial charge in [-0.25, -0.2) is 12.8 Å². The summed E-state index contributed by atoms with van der Waals surface area (Å²) in [5.41, 5.74) is 1.06. The fourth-order valence-electron chi connectivity index (χ4n) is 1.89. The van der Waals surface area contributed by atoms with Crippen LogP contribution in [-0.2, 0) is 9.84 Å². The van der Waals surface area contributed by atoms with Gasteiger partial charge in [0.05, 0.1) is 9.92 Å². The van der Waals surface area contributed by atoms with Gasteiger partial charge >= 0.3 is 0 Å². The number of carbonyl (C=O) groups is 1. The molecule has 0 amide bonds. The highest BCUT2D eigenvalue weighted by atomic mass is 35.5. The van der Waals surface area contributed by atoms with Crippen molar-refractivity contribution in [1.29, 1.82) is 0 Å². The van der Waals surface area contributed by atoms with Gasteiger partial charge in [0.15, 0.2) is 15.6 Å². The molecule has 0 N–H and O–H groups in total. The van der Waals surface area contributed by atoms with Gasteiger partial charge in [0.1, 0.15) is 11.6 Å². The molecule has 0 saturated carbocycles. The number of benzene rings is 2. The molecule has 0 fully saturated rings. The van der Waals surface area contributed by atoms with Gasteiger partial charge in [-0.05, 0) is 30.7 Å². The fraction of sp³-hybridized carbons (Fsp3) is 0.133. The number of rotatable bonds is 4. The van der Waals surface area contributed by atoms with Gasteiger partial charge in [0.25, 0.3) is 0 Å². The van der Waals surface area contributed by atoms with E-state index >= 15 is 0 Å². The largest absolute Gasteiger partial charge is 0.293 e. The number of carbonyl (C=O) groups excluding carboxylic acids is 1. The molecule has 3 nitrogen and oxygen atoms in total. The maximum absolute atomic E-state index is 13.1. The van der Waals surface area contributed by atoms with Gasteiger partial charge in [-0.1, -0.05) is 35.9 Å². The summed E-state index contributed by atoms with van der Waals surface area (Å²) in [7, 11) is -3.86. The highest BCUT2D eigenvalue weighted by Crippen LogP contribution is 2.21. The zero-order valence-electron chi connectivity index (χ0n) is 11.1. The minimum absolute atomic E-state index is 0.171. The van der Waals surface area contributed by atoms with E-state index in [-0.39, 0.29) is 9.92 Å². The monoisotopic (exact) mass is 326 g/mol. The van der Waals surface area contributed by atoms with Crippen LogP contribution in [0.15, 0.2) is 47.4 Å². The van der Waals surface area contributed by atoms with Crippen molar-refractivity contribution in [3.8, 4) is 0 Å². The number of aryl methyl sites for hydroxylation is 1. The molecule has 0 aromatic heterocycles. The lowest BCUT2D eigenvalue weighted by Gasteiger charge is -2.07. The van der Waals surface area contributed by atoms with Gasteiger partial charge < -0.3 is 0 Å². The number of sulfone groups is 1. The molecule has 0 radical (unpaired) electrons. The summed E-state index contributed by atoms with van der Waals surface area (Å²) in [5, 5.41) is -0.292. The molecule has 2 aromatic carbocycles. The standard InChI is InChI=1S/C15H12ClFO3S/c1-10-4-2-3-5-12(10)15(18)9-21(19,20)11-6-7-14(17)13(16)8-11/h2-8H,9H2,1H3. The topological polar surface area (TPSA) is 51.2 Å². The Morgan fingerprint density at radius 3 is 2.48 bits per heavy atom. The average molecular weight is 327 g/mol. The van der Waals surface area contributed by atoms with Gasteiger partial charge in [-0.15, -0.1) is 0 Å². The number of hydrogen-bond donors (Lipinski definition) is 0. The molecule has 110 valence electrons. The second-order valence-electron chi connectivity index (χ2n) is 4.57. The Bertz CT molecular complexity index is 800. The minimum atomic E-state index is -3.86. The van der Waals surface area contributed by atoms with Crippen LogP contribution < -0.4 is 0 Å². The van der Waals surface area contributed by atoms with Crippen molar-refractivity contribution in [2.45, 2.75) is 11.8 Å². The van der Waals surface area contributed by atoms with Crippen LogP contribution in [0.4, 0.5) is 4.39 Å². The Hall–Kier alpha value is -1.72. The number of Topliss-reactive ketones (excluding diaryl/α,β-unsaturated/α-hetero) is 1. The molecule has 21 heavy (non-hydrogen) atoms. The highest BCUT2D eigenvalue weighted by Gasteiger charge is 2.22. The molecule has 0 spiro atoms. The molecule has 0 heterocycles. The smallest absolute Gasteiger partial charge is 0.185 e. The summed E-state index contributed by atoms with van der Waals surface area (Å²) in [6, 6.07) is 9.81. The lowest BCUT2D eigenvalue weighted by molar-refractivity contribution is 0.102. The average Bonchev–Trinajstić information content (AvgIpc) is 2.41. The van der Waals surface area contributed by atoms with E-state index in [1.807, 2.05) is 0 Å². The van der Waals surface area contributed by atoms with E-state index in [9.17, 15) is 17.6 Å². The highest BCUT2D eigenvalue weighted by molar-refractivity contribution is 7.92. The zero-order valence-corrected chi connectivity index (χ0v) is 12.7. The minimum Gasteiger partial charge on any atom is -0.293 e. The molecule has 0 unspecified atom stereocenters. The molecule has 0 bridgehead atoms. The van der Waals surface area contributed by atoms with Crippen LogP contribution in [0.25, 0.3) is 0 Å². The first-order chi connectivity index (χ1) is 9.81. The van der Waals surface area contributed by atoms with Crippen molar-refractivity contribution in [3.05, 3.63) is 64.4 Å². The van der Waals surface area contributed by atoms with E-state index in [0.717, 1.165) is 18.2 Å². The van der Waals surface area contributed by atoms with Crippen molar-refractivity contribution in [3.63, 3.8) is 0 Å². The van der Waals surface area contributed by atoms with E-state index in [1.165, 1.54) is 0 Å². The number of ketones is 1. The number of hydrogen-bond acceptors (Lipinski definition) is 3. The van der Waals surface area contributed by atoms with Gasteiger partial charge in [0, 0.05) is 5.56 Å². The fourth-order valence-corrected chi connectivity index (χ4v) is 3.38. The number of halogens is 2. The Labute approximate surface area is 127 Å². The molecule has 0 aliphatic heterocycles. The quantitative estimate of drug-likeness (QED) is 0.639. The van der Waals surface area contributed by atoms with Crippen LogP contribution in [0.1, 0.15) is 15.9 Å². The third-order valence-electron chi connectivity index (χ3n) is 3.02. The van der Waals surface area contributed by atoms with Gasteiger partial charge in [0.2, 0.25) is 0 Å². The maximum atomic E-state index is 13.1. The summed E-state index contributed by atoms with van der Waals surface area (Å²) in [4.78, 5) is 11.9. The van der Waals surface area contributed by atoms with Crippen LogP contribution in [0.5, 0.6) is 0 Å². The maximum Gasteiger partial charge on any atom is 0.185 e. The second kappa shape index (κ2) is 5.95. The molecule has 2 rings (SSSR count).